The molecule has 0 fully saturated rings. The number of para-hydroxylation sites is 2. The number of fused-ring (bicyclic) bond motifs is 6. The van der Waals surface area contributed by atoms with Crippen LogP contribution in [0.2, 0.25) is 0 Å². The Kier molecular flexibility index (Phi) is 6.42. The van der Waals surface area contributed by atoms with Crippen LogP contribution in [0.1, 0.15) is 0 Å². The molecule has 3 heterocycles. The number of hydrogen-bond acceptors (Lipinski definition) is 4. The van der Waals surface area contributed by atoms with Crippen LogP contribution in [-0.4, -0.2) is 19.5 Å². The molecule has 0 saturated carbocycles. The largest absolute Gasteiger partial charge is 0.455 e. The number of hydrogen-bond donors (Lipinski definition) is 0. The fourth-order valence-electron chi connectivity index (χ4n) is 7.08. The highest BCUT2D eigenvalue weighted by molar-refractivity contribution is 6.11. The normalized spacial score (nSPS) is 11.6. The molecular weight excluding hydrogens is 613 g/mol. The number of nitrogens with zero attached hydrogens (tertiary/aromatic N) is 4. The summed E-state index contributed by atoms with van der Waals surface area (Å²) in [5.41, 5.74) is 9.87. The van der Waals surface area contributed by atoms with Gasteiger partial charge in [-0.3, -0.25) is 4.57 Å². The van der Waals surface area contributed by atoms with Gasteiger partial charge in [0.1, 0.15) is 11.2 Å². The molecule has 0 bridgehead atoms. The molecule has 50 heavy (non-hydrogen) atoms. The Balaban J connectivity index is 1.23. The zero-order chi connectivity index (χ0) is 33.0. The minimum atomic E-state index is 0.546. The molecule has 0 atom stereocenters. The lowest BCUT2D eigenvalue weighted by atomic mass is 10.0. The summed E-state index contributed by atoms with van der Waals surface area (Å²) in [7, 11) is 0. The first-order valence-electron chi connectivity index (χ1n) is 16.7. The van der Waals surface area contributed by atoms with Gasteiger partial charge < -0.3 is 4.42 Å². The number of rotatable bonds is 5. The van der Waals surface area contributed by atoms with E-state index in [-0.39, 0.29) is 0 Å². The summed E-state index contributed by atoms with van der Waals surface area (Å²) in [5, 5.41) is 4.34. The van der Waals surface area contributed by atoms with Gasteiger partial charge in [-0.05, 0) is 52.6 Å². The molecule has 0 aliphatic heterocycles. The molecule has 0 amide bonds. The maximum absolute atomic E-state index is 6.67. The molecule has 234 valence electrons. The fraction of sp³-hybridized carbons (Fsp3) is 0. The lowest BCUT2D eigenvalue weighted by molar-refractivity contribution is 0.669. The summed E-state index contributed by atoms with van der Waals surface area (Å²) < 4.78 is 8.84. The molecule has 0 aliphatic carbocycles. The lowest BCUT2D eigenvalue weighted by Crippen LogP contribution is -2.06. The van der Waals surface area contributed by atoms with Gasteiger partial charge in [-0.25, -0.2) is 4.98 Å². The number of aromatic nitrogens is 4. The molecule has 5 nitrogen and oxygen atoms in total. The highest BCUT2D eigenvalue weighted by atomic mass is 16.3. The Morgan fingerprint density at radius 3 is 1.70 bits per heavy atom. The van der Waals surface area contributed by atoms with Crippen molar-refractivity contribution in [3.05, 3.63) is 170 Å². The Hall–Kier alpha value is -6.85. The van der Waals surface area contributed by atoms with Crippen LogP contribution in [0, 0.1) is 0 Å². The third-order valence-electron chi connectivity index (χ3n) is 9.48. The van der Waals surface area contributed by atoms with E-state index in [2.05, 4.69) is 126 Å². The molecule has 0 N–H and O–H groups in total. The van der Waals surface area contributed by atoms with Crippen molar-refractivity contribution < 1.29 is 4.42 Å². The van der Waals surface area contributed by atoms with Gasteiger partial charge in [0, 0.05) is 27.1 Å². The van der Waals surface area contributed by atoms with Crippen molar-refractivity contribution in [2.45, 2.75) is 0 Å². The van der Waals surface area contributed by atoms with Crippen molar-refractivity contribution in [3.63, 3.8) is 0 Å². The van der Waals surface area contributed by atoms with Crippen molar-refractivity contribution in [1.82, 2.24) is 19.5 Å². The standard InChI is InChI=1S/C45H28N4O/c1-4-13-29(14-5-1)32-23-25-35-34-19-10-11-22-39(34)49(40(35)27-32)45-47-43(31-17-8-3-9-18-31)46-44(48-45)38-21-12-20-37-36-26-24-33(28-41(36)50-42(37)38)30-15-6-2-7-16-30/h1-28H. The quantitative estimate of drug-likeness (QED) is 0.188. The van der Waals surface area contributed by atoms with Gasteiger partial charge >= 0.3 is 0 Å². The van der Waals surface area contributed by atoms with Crippen LogP contribution >= 0.6 is 0 Å². The van der Waals surface area contributed by atoms with Crippen LogP contribution < -0.4 is 0 Å². The predicted octanol–water partition coefficient (Wildman–Crippen LogP) is 11.5. The monoisotopic (exact) mass is 640 g/mol. The second kappa shape index (κ2) is 11.4. The van der Waals surface area contributed by atoms with Crippen LogP contribution in [0.25, 0.3) is 94.7 Å². The maximum atomic E-state index is 6.67. The van der Waals surface area contributed by atoms with Gasteiger partial charge in [0.25, 0.3) is 0 Å². The minimum Gasteiger partial charge on any atom is -0.455 e. The van der Waals surface area contributed by atoms with Crippen molar-refractivity contribution in [1.29, 1.82) is 0 Å². The van der Waals surface area contributed by atoms with Crippen molar-refractivity contribution in [3.8, 4) is 51.0 Å². The molecule has 0 unspecified atom stereocenters. The van der Waals surface area contributed by atoms with E-state index in [0.29, 0.717) is 17.6 Å². The molecule has 10 rings (SSSR count). The van der Waals surface area contributed by atoms with E-state index in [1.54, 1.807) is 0 Å². The first-order valence-corrected chi connectivity index (χ1v) is 16.7. The topological polar surface area (TPSA) is 56.7 Å². The zero-order valence-corrected chi connectivity index (χ0v) is 26.9. The Morgan fingerprint density at radius 1 is 0.380 bits per heavy atom. The zero-order valence-electron chi connectivity index (χ0n) is 26.9. The molecule has 3 aromatic heterocycles. The van der Waals surface area contributed by atoms with Gasteiger partial charge in [0.05, 0.1) is 16.6 Å². The summed E-state index contributed by atoms with van der Waals surface area (Å²) in [5.74, 6) is 1.69. The summed E-state index contributed by atoms with van der Waals surface area (Å²) in [6.07, 6.45) is 0. The smallest absolute Gasteiger partial charge is 0.238 e. The van der Waals surface area contributed by atoms with Crippen LogP contribution in [0.4, 0.5) is 0 Å². The first kappa shape index (κ1) is 28.2. The van der Waals surface area contributed by atoms with Crippen LogP contribution in [-0.2, 0) is 0 Å². The van der Waals surface area contributed by atoms with Gasteiger partial charge in [0.2, 0.25) is 5.95 Å². The van der Waals surface area contributed by atoms with Gasteiger partial charge in [0.15, 0.2) is 11.6 Å². The van der Waals surface area contributed by atoms with Gasteiger partial charge in [-0.1, -0.05) is 140 Å². The third-order valence-corrected chi connectivity index (χ3v) is 9.48. The molecule has 0 radical (unpaired) electrons. The summed E-state index contributed by atoms with van der Waals surface area (Å²) in [4.78, 5) is 15.5. The molecule has 0 aliphatic rings. The van der Waals surface area contributed by atoms with Crippen LogP contribution in [0.15, 0.2) is 174 Å². The second-order valence-electron chi connectivity index (χ2n) is 12.5. The highest BCUT2D eigenvalue weighted by Crippen LogP contribution is 2.38. The van der Waals surface area contributed by atoms with Crippen LogP contribution in [0.3, 0.4) is 0 Å². The van der Waals surface area contributed by atoms with E-state index in [1.165, 1.54) is 0 Å². The summed E-state index contributed by atoms with van der Waals surface area (Å²) in [6, 6.07) is 58.6. The van der Waals surface area contributed by atoms with Crippen molar-refractivity contribution >= 4 is 43.7 Å². The minimum absolute atomic E-state index is 0.546. The van der Waals surface area contributed by atoms with E-state index in [4.69, 9.17) is 19.4 Å². The average Bonchev–Trinajstić information content (AvgIpc) is 3.74. The van der Waals surface area contributed by atoms with E-state index in [9.17, 15) is 0 Å². The number of furan rings is 1. The lowest BCUT2D eigenvalue weighted by Gasteiger charge is -2.11. The Bertz CT molecular complexity index is 2860. The van der Waals surface area contributed by atoms with E-state index >= 15 is 0 Å². The average molecular weight is 641 g/mol. The van der Waals surface area contributed by atoms with Gasteiger partial charge in [-0.2, -0.15) is 9.97 Å². The molecule has 7 aromatic carbocycles. The predicted molar refractivity (Wildman–Crippen MR) is 203 cm³/mol. The van der Waals surface area contributed by atoms with E-state index in [1.807, 2.05) is 48.5 Å². The Labute approximate surface area is 287 Å². The SMILES string of the molecule is c1ccc(-c2ccc3c(c2)oc2c(-c4nc(-c5ccccc5)nc(-n5c6ccccc6c6ccc(-c7ccccc7)cc65)n4)cccc23)cc1. The second-order valence-corrected chi connectivity index (χ2v) is 12.5. The summed E-state index contributed by atoms with van der Waals surface area (Å²) in [6.45, 7) is 0. The molecule has 10 aromatic rings. The van der Waals surface area contributed by atoms with Crippen molar-refractivity contribution in [2.24, 2.45) is 0 Å². The highest BCUT2D eigenvalue weighted by Gasteiger charge is 2.21. The molecule has 0 spiro atoms. The Morgan fingerprint density at radius 2 is 0.960 bits per heavy atom. The molecule has 0 saturated heterocycles. The molecule has 5 heteroatoms. The first-order chi connectivity index (χ1) is 24.8. The third kappa shape index (κ3) is 4.60. The number of benzene rings is 7. The van der Waals surface area contributed by atoms with E-state index < -0.39 is 0 Å². The summed E-state index contributed by atoms with van der Waals surface area (Å²) >= 11 is 0. The molecular formula is C45H28N4O. The van der Waals surface area contributed by atoms with Crippen molar-refractivity contribution in [2.75, 3.05) is 0 Å². The van der Waals surface area contributed by atoms with Gasteiger partial charge in [-0.15, -0.1) is 0 Å². The maximum Gasteiger partial charge on any atom is 0.238 e. The van der Waals surface area contributed by atoms with E-state index in [0.717, 1.165) is 77.1 Å². The fourth-order valence-corrected chi connectivity index (χ4v) is 7.08. The van der Waals surface area contributed by atoms with Crippen LogP contribution in [0.5, 0.6) is 0 Å².